The Morgan fingerprint density at radius 3 is 2.72 bits per heavy atom. The zero-order valence-corrected chi connectivity index (χ0v) is 15.0. The summed E-state index contributed by atoms with van der Waals surface area (Å²) in [6.45, 7) is 6.02. The number of imidazole rings is 1. The Balaban J connectivity index is 1.56. The van der Waals surface area contributed by atoms with Gasteiger partial charge in [0.2, 0.25) is 0 Å². The highest BCUT2D eigenvalue weighted by Crippen LogP contribution is 2.28. The van der Waals surface area contributed by atoms with Gasteiger partial charge in [-0.3, -0.25) is 0 Å². The molecule has 3 heterocycles. The van der Waals surface area contributed by atoms with Crippen molar-refractivity contribution in [1.82, 2.24) is 24.6 Å². The van der Waals surface area contributed by atoms with Crippen molar-refractivity contribution in [2.45, 2.75) is 26.3 Å². The fourth-order valence-corrected chi connectivity index (χ4v) is 3.92. The monoisotopic (exact) mass is 357 g/mol. The van der Waals surface area contributed by atoms with Gasteiger partial charge in [-0.15, -0.1) is 10.2 Å². The molecule has 0 unspecified atom stereocenters. The topological polar surface area (TPSA) is 46.8 Å². The average Bonchev–Trinajstić information content (AvgIpc) is 3.34. The van der Waals surface area contributed by atoms with E-state index in [9.17, 15) is 4.39 Å². The van der Waals surface area contributed by atoms with Crippen LogP contribution in [0.15, 0.2) is 30.6 Å². The minimum absolute atomic E-state index is 0.279. The number of likely N-dealkylation sites (tertiary alicyclic amines) is 1. The van der Waals surface area contributed by atoms with Gasteiger partial charge < -0.3 is 9.47 Å². The molecule has 0 N–H and O–H groups in total. The zero-order valence-electron chi connectivity index (χ0n) is 14.2. The molecule has 0 spiro atoms. The van der Waals surface area contributed by atoms with Crippen molar-refractivity contribution in [3.8, 4) is 22.0 Å². The molecule has 5 nitrogen and oxygen atoms in total. The van der Waals surface area contributed by atoms with Crippen molar-refractivity contribution in [2.75, 3.05) is 19.6 Å². The smallest absolute Gasteiger partial charge is 0.147 e. The van der Waals surface area contributed by atoms with Gasteiger partial charge in [0.25, 0.3) is 0 Å². The zero-order chi connectivity index (χ0) is 17.2. The summed E-state index contributed by atoms with van der Waals surface area (Å²) in [6, 6.07) is 5.20. The molecule has 1 saturated heterocycles. The van der Waals surface area contributed by atoms with E-state index >= 15 is 0 Å². The third-order valence-electron chi connectivity index (χ3n) is 4.55. The highest BCUT2D eigenvalue weighted by Gasteiger charge is 2.16. The number of hydrogen-bond donors (Lipinski definition) is 0. The van der Waals surface area contributed by atoms with Gasteiger partial charge in [0.1, 0.15) is 21.7 Å². The minimum Gasteiger partial charge on any atom is -0.330 e. The molecule has 7 heteroatoms. The van der Waals surface area contributed by atoms with Gasteiger partial charge in [0.15, 0.2) is 0 Å². The minimum atomic E-state index is -0.279. The number of hydrogen-bond acceptors (Lipinski definition) is 5. The molecule has 0 aliphatic carbocycles. The van der Waals surface area contributed by atoms with Gasteiger partial charge in [0, 0.05) is 31.0 Å². The molecule has 1 aliphatic heterocycles. The summed E-state index contributed by atoms with van der Waals surface area (Å²) < 4.78 is 16.8. The van der Waals surface area contributed by atoms with Crippen molar-refractivity contribution in [3.05, 3.63) is 41.4 Å². The number of rotatable bonds is 5. The van der Waals surface area contributed by atoms with E-state index in [2.05, 4.69) is 20.1 Å². The molecular formula is C18H20FN5S. The Bertz CT molecular complexity index is 866. The molecular weight excluding hydrogens is 337 g/mol. The Kier molecular flexibility index (Phi) is 4.59. The van der Waals surface area contributed by atoms with Crippen LogP contribution in [0.1, 0.15) is 17.8 Å². The van der Waals surface area contributed by atoms with E-state index in [4.69, 9.17) is 0 Å². The Hall–Kier alpha value is -2.12. The van der Waals surface area contributed by atoms with Crippen LogP contribution in [0.2, 0.25) is 0 Å². The lowest BCUT2D eigenvalue weighted by Gasteiger charge is -2.16. The molecule has 1 aromatic carbocycles. The maximum Gasteiger partial charge on any atom is 0.147 e. The van der Waals surface area contributed by atoms with Crippen LogP contribution in [-0.4, -0.2) is 44.3 Å². The van der Waals surface area contributed by atoms with E-state index in [-0.39, 0.29) is 5.82 Å². The van der Waals surface area contributed by atoms with Crippen LogP contribution in [0.25, 0.3) is 22.0 Å². The lowest BCUT2D eigenvalue weighted by molar-refractivity contribution is 0.323. The molecule has 2 aromatic heterocycles. The van der Waals surface area contributed by atoms with Crippen molar-refractivity contribution in [1.29, 1.82) is 0 Å². The molecule has 3 aromatic rings. The molecule has 0 saturated carbocycles. The van der Waals surface area contributed by atoms with Gasteiger partial charge in [-0.05, 0) is 45.0 Å². The summed E-state index contributed by atoms with van der Waals surface area (Å²) in [4.78, 5) is 6.82. The van der Waals surface area contributed by atoms with E-state index in [0.29, 0.717) is 11.4 Å². The first kappa shape index (κ1) is 16.4. The second kappa shape index (κ2) is 7.01. The van der Waals surface area contributed by atoms with Crippen molar-refractivity contribution >= 4 is 11.3 Å². The third-order valence-corrected chi connectivity index (χ3v) is 5.44. The molecule has 130 valence electrons. The summed E-state index contributed by atoms with van der Waals surface area (Å²) in [5.41, 5.74) is 1.28. The van der Waals surface area contributed by atoms with Crippen molar-refractivity contribution in [3.63, 3.8) is 0 Å². The first-order chi connectivity index (χ1) is 12.2. The van der Waals surface area contributed by atoms with Crippen LogP contribution in [0.4, 0.5) is 4.39 Å². The summed E-state index contributed by atoms with van der Waals surface area (Å²) in [6.07, 6.45) is 6.21. The van der Waals surface area contributed by atoms with Gasteiger partial charge >= 0.3 is 0 Å². The van der Waals surface area contributed by atoms with Crippen LogP contribution < -0.4 is 0 Å². The predicted molar refractivity (Wildman–Crippen MR) is 96.9 cm³/mol. The van der Waals surface area contributed by atoms with Gasteiger partial charge in [-0.2, -0.15) is 0 Å². The third kappa shape index (κ3) is 3.48. The van der Waals surface area contributed by atoms with Crippen LogP contribution in [-0.2, 0) is 6.54 Å². The van der Waals surface area contributed by atoms with E-state index in [0.717, 1.165) is 41.8 Å². The molecule has 0 atom stereocenters. The fourth-order valence-electron chi connectivity index (χ4n) is 3.23. The first-order valence-electron chi connectivity index (χ1n) is 8.54. The normalized spacial score (nSPS) is 15.1. The second-order valence-electron chi connectivity index (χ2n) is 6.31. The fraction of sp³-hybridized carbons (Fsp3) is 0.389. The first-order valence-corrected chi connectivity index (χ1v) is 9.36. The highest BCUT2D eigenvalue weighted by molar-refractivity contribution is 7.14. The van der Waals surface area contributed by atoms with Crippen LogP contribution in [0.3, 0.4) is 0 Å². The summed E-state index contributed by atoms with van der Waals surface area (Å²) in [7, 11) is 0. The van der Waals surface area contributed by atoms with Gasteiger partial charge in [-0.25, -0.2) is 9.37 Å². The average molecular weight is 357 g/mol. The number of nitrogens with zero attached hydrogens (tertiary/aromatic N) is 5. The number of benzene rings is 1. The van der Waals surface area contributed by atoms with Crippen LogP contribution in [0.5, 0.6) is 0 Å². The van der Waals surface area contributed by atoms with Crippen LogP contribution in [0, 0.1) is 12.7 Å². The van der Waals surface area contributed by atoms with E-state index in [1.54, 1.807) is 12.3 Å². The molecule has 25 heavy (non-hydrogen) atoms. The molecule has 1 aliphatic rings. The quantitative estimate of drug-likeness (QED) is 0.700. The Morgan fingerprint density at radius 2 is 2.00 bits per heavy atom. The summed E-state index contributed by atoms with van der Waals surface area (Å²) >= 11 is 1.46. The standard InChI is InChI=1S/C18H20FN5S/c1-13-21-22-18(25-13)14-4-5-15(16(19)12-14)17-20-6-9-24(17)11-10-23-7-2-3-8-23/h4-6,9,12H,2-3,7-8,10-11H2,1H3. The predicted octanol–water partition coefficient (Wildman–Crippen LogP) is 3.61. The van der Waals surface area contributed by atoms with Gasteiger partial charge in [-0.1, -0.05) is 17.4 Å². The maximum absolute atomic E-state index is 14.7. The molecule has 0 radical (unpaired) electrons. The van der Waals surface area contributed by atoms with E-state index in [1.807, 2.05) is 23.8 Å². The largest absolute Gasteiger partial charge is 0.330 e. The molecule has 0 amide bonds. The van der Waals surface area contributed by atoms with E-state index < -0.39 is 0 Å². The SMILES string of the molecule is Cc1nnc(-c2ccc(-c3nccn3CCN3CCCC3)c(F)c2)s1. The number of aryl methyl sites for hydroxylation is 1. The summed E-state index contributed by atoms with van der Waals surface area (Å²) in [5.74, 6) is 0.399. The molecule has 0 bridgehead atoms. The van der Waals surface area contributed by atoms with Crippen molar-refractivity contribution in [2.24, 2.45) is 0 Å². The van der Waals surface area contributed by atoms with E-state index in [1.165, 1.54) is 30.2 Å². The lowest BCUT2D eigenvalue weighted by atomic mass is 10.1. The van der Waals surface area contributed by atoms with Crippen LogP contribution >= 0.6 is 11.3 Å². The number of halogens is 1. The van der Waals surface area contributed by atoms with Crippen molar-refractivity contribution < 1.29 is 4.39 Å². The Labute approximate surface area is 150 Å². The molecule has 4 rings (SSSR count). The van der Waals surface area contributed by atoms with Gasteiger partial charge in [0.05, 0.1) is 5.56 Å². The second-order valence-corrected chi connectivity index (χ2v) is 7.50. The lowest BCUT2D eigenvalue weighted by Crippen LogP contribution is -2.24. The number of aromatic nitrogens is 4. The highest BCUT2D eigenvalue weighted by atomic mass is 32.1. The maximum atomic E-state index is 14.7. The summed E-state index contributed by atoms with van der Waals surface area (Å²) in [5, 5.41) is 9.69. The molecule has 1 fully saturated rings. The Morgan fingerprint density at radius 1 is 1.16 bits per heavy atom.